The molecule has 0 aromatic carbocycles. The zero-order chi connectivity index (χ0) is 13.8. The fourth-order valence-electron chi connectivity index (χ4n) is 2.95. The summed E-state index contributed by atoms with van der Waals surface area (Å²) in [5.41, 5.74) is 1.72. The summed E-state index contributed by atoms with van der Waals surface area (Å²) in [5.74, 6) is -0.0156. The third kappa shape index (κ3) is 3.65. The molecular weight excluding hydrogens is 228 g/mol. The van der Waals surface area contributed by atoms with Gasteiger partial charge in [-0.1, -0.05) is 48.5 Å². The highest BCUT2D eigenvalue weighted by atomic mass is 28.4. The maximum Gasteiger partial charge on any atom is 0.200 e. The number of hydrogen-bond donors (Lipinski definition) is 0. The van der Waals surface area contributed by atoms with Crippen molar-refractivity contribution in [1.82, 2.24) is 0 Å². The van der Waals surface area contributed by atoms with Gasteiger partial charge in [-0.2, -0.15) is 0 Å². The van der Waals surface area contributed by atoms with Crippen LogP contribution in [0.5, 0.6) is 0 Å². The Morgan fingerprint density at radius 3 is 1.41 bits per heavy atom. The Morgan fingerprint density at radius 2 is 1.18 bits per heavy atom. The third-order valence-electron chi connectivity index (χ3n) is 4.05. The number of aldehydes is 1. The first-order valence-corrected chi connectivity index (χ1v) is 8.97. The van der Waals surface area contributed by atoms with Crippen LogP contribution >= 0.6 is 0 Å². The standard InChI is InChI=1S/C14H30O2Si/c1-10(2)17(11(3)4,12(5)6)16-14(8)13(7)9-15/h9-14H,1-8H3/t13-,14+/m1/s1. The maximum atomic E-state index is 10.9. The highest BCUT2D eigenvalue weighted by molar-refractivity contribution is 6.77. The van der Waals surface area contributed by atoms with Crippen LogP contribution in [-0.2, 0) is 9.22 Å². The van der Waals surface area contributed by atoms with E-state index in [2.05, 4.69) is 41.5 Å². The zero-order valence-electron chi connectivity index (χ0n) is 12.8. The number of carbonyl (C=O) groups is 1. The van der Waals surface area contributed by atoms with Crippen molar-refractivity contribution in [1.29, 1.82) is 0 Å². The van der Waals surface area contributed by atoms with E-state index in [9.17, 15) is 4.79 Å². The Balaban J connectivity index is 5.12. The Bertz CT molecular complexity index is 215. The lowest BCUT2D eigenvalue weighted by molar-refractivity contribution is -0.112. The Morgan fingerprint density at radius 1 is 0.824 bits per heavy atom. The normalized spacial score (nSPS) is 16.6. The van der Waals surface area contributed by atoms with Crippen molar-refractivity contribution in [3.05, 3.63) is 0 Å². The van der Waals surface area contributed by atoms with Crippen LogP contribution in [-0.4, -0.2) is 20.7 Å². The Labute approximate surface area is 108 Å². The first kappa shape index (κ1) is 16.8. The van der Waals surface area contributed by atoms with Crippen molar-refractivity contribution < 1.29 is 9.22 Å². The molecule has 0 amide bonds. The van der Waals surface area contributed by atoms with E-state index in [1.54, 1.807) is 0 Å². The van der Waals surface area contributed by atoms with Gasteiger partial charge in [0.05, 0.1) is 6.10 Å². The molecule has 0 saturated carbocycles. The van der Waals surface area contributed by atoms with Gasteiger partial charge in [-0.3, -0.25) is 0 Å². The molecule has 0 fully saturated rings. The van der Waals surface area contributed by atoms with E-state index in [1.807, 2.05) is 13.8 Å². The molecule has 0 bridgehead atoms. The molecule has 2 atom stereocenters. The smallest absolute Gasteiger partial charge is 0.200 e. The van der Waals surface area contributed by atoms with Crippen LogP contribution < -0.4 is 0 Å². The average molecular weight is 258 g/mol. The van der Waals surface area contributed by atoms with Crippen LogP contribution in [0.25, 0.3) is 0 Å². The summed E-state index contributed by atoms with van der Waals surface area (Å²) < 4.78 is 6.48. The first-order chi connectivity index (χ1) is 7.70. The molecule has 3 heteroatoms. The van der Waals surface area contributed by atoms with Gasteiger partial charge in [0, 0.05) is 5.92 Å². The van der Waals surface area contributed by atoms with Crippen molar-refractivity contribution in [2.24, 2.45) is 5.92 Å². The number of hydrogen-bond acceptors (Lipinski definition) is 2. The Kier molecular flexibility index (Phi) is 6.63. The van der Waals surface area contributed by atoms with E-state index in [-0.39, 0.29) is 12.0 Å². The lowest BCUT2D eigenvalue weighted by Crippen LogP contribution is -2.50. The van der Waals surface area contributed by atoms with Crippen LogP contribution in [0.1, 0.15) is 55.4 Å². The number of carbonyl (C=O) groups excluding carboxylic acids is 1. The third-order valence-corrected chi connectivity index (χ3v) is 10.2. The first-order valence-electron chi connectivity index (χ1n) is 6.83. The van der Waals surface area contributed by atoms with E-state index in [4.69, 9.17) is 4.43 Å². The lowest BCUT2D eigenvalue weighted by Gasteiger charge is -2.44. The van der Waals surface area contributed by atoms with Crippen molar-refractivity contribution in [2.45, 2.75) is 78.1 Å². The van der Waals surface area contributed by atoms with E-state index in [1.165, 1.54) is 0 Å². The van der Waals surface area contributed by atoms with Crippen LogP contribution in [0, 0.1) is 5.92 Å². The fraction of sp³-hybridized carbons (Fsp3) is 0.929. The van der Waals surface area contributed by atoms with Gasteiger partial charge >= 0.3 is 0 Å². The minimum atomic E-state index is -1.83. The second-order valence-electron chi connectivity index (χ2n) is 6.14. The molecule has 0 spiro atoms. The van der Waals surface area contributed by atoms with E-state index < -0.39 is 8.32 Å². The van der Waals surface area contributed by atoms with Crippen molar-refractivity contribution in [3.63, 3.8) is 0 Å². The minimum Gasteiger partial charge on any atom is -0.413 e. The van der Waals surface area contributed by atoms with Crippen molar-refractivity contribution in [2.75, 3.05) is 0 Å². The molecule has 0 saturated heterocycles. The van der Waals surface area contributed by atoms with Gasteiger partial charge in [0.2, 0.25) is 8.32 Å². The van der Waals surface area contributed by atoms with E-state index in [0.717, 1.165) is 6.29 Å². The SMILES string of the molecule is CC(C)[Si](O[C@@H](C)[C@H](C)C=O)(C(C)C)C(C)C. The summed E-state index contributed by atoms with van der Waals surface area (Å²) >= 11 is 0. The quantitative estimate of drug-likeness (QED) is 0.500. The van der Waals surface area contributed by atoms with Crippen LogP contribution in [0.2, 0.25) is 16.6 Å². The molecule has 17 heavy (non-hydrogen) atoms. The molecule has 0 radical (unpaired) electrons. The van der Waals surface area contributed by atoms with Gasteiger partial charge in [-0.15, -0.1) is 0 Å². The molecule has 0 rings (SSSR count). The average Bonchev–Trinajstić information content (AvgIpc) is 2.22. The van der Waals surface area contributed by atoms with Gasteiger partial charge < -0.3 is 9.22 Å². The summed E-state index contributed by atoms with van der Waals surface area (Å²) in [6.07, 6.45) is 1.04. The highest BCUT2D eigenvalue weighted by Gasteiger charge is 2.46. The molecule has 0 aromatic rings. The second-order valence-corrected chi connectivity index (χ2v) is 11.5. The summed E-state index contributed by atoms with van der Waals surface area (Å²) in [6, 6.07) is 0. The molecule has 102 valence electrons. The predicted molar refractivity (Wildman–Crippen MR) is 76.8 cm³/mol. The van der Waals surface area contributed by atoms with Gasteiger partial charge in [0.1, 0.15) is 6.29 Å². The molecule has 0 aromatic heterocycles. The minimum absolute atomic E-state index is 0.0156. The predicted octanol–water partition coefficient (Wildman–Crippen LogP) is 4.40. The lowest BCUT2D eigenvalue weighted by atomic mass is 10.1. The largest absolute Gasteiger partial charge is 0.413 e. The summed E-state index contributed by atoms with van der Waals surface area (Å²) in [5, 5.41) is 0. The van der Waals surface area contributed by atoms with E-state index >= 15 is 0 Å². The summed E-state index contributed by atoms with van der Waals surface area (Å²) in [6.45, 7) is 17.6. The van der Waals surface area contributed by atoms with Gasteiger partial charge in [0.25, 0.3) is 0 Å². The van der Waals surface area contributed by atoms with Crippen LogP contribution in [0.4, 0.5) is 0 Å². The summed E-state index contributed by atoms with van der Waals surface area (Å²) in [4.78, 5) is 10.9. The van der Waals surface area contributed by atoms with Gasteiger partial charge in [0.15, 0.2) is 0 Å². The second kappa shape index (κ2) is 6.69. The van der Waals surface area contributed by atoms with Gasteiger partial charge in [-0.25, -0.2) is 0 Å². The summed E-state index contributed by atoms with van der Waals surface area (Å²) in [7, 11) is -1.83. The maximum absolute atomic E-state index is 10.9. The molecule has 0 N–H and O–H groups in total. The molecule has 0 aliphatic heterocycles. The van der Waals surface area contributed by atoms with Crippen LogP contribution in [0.3, 0.4) is 0 Å². The van der Waals surface area contributed by atoms with Crippen LogP contribution in [0.15, 0.2) is 0 Å². The molecule has 0 aliphatic rings. The van der Waals surface area contributed by atoms with Crippen molar-refractivity contribution >= 4 is 14.6 Å². The highest BCUT2D eigenvalue weighted by Crippen LogP contribution is 2.43. The zero-order valence-corrected chi connectivity index (χ0v) is 13.8. The monoisotopic (exact) mass is 258 g/mol. The fourth-order valence-corrected chi connectivity index (χ4v) is 8.62. The number of rotatable bonds is 7. The van der Waals surface area contributed by atoms with Crippen molar-refractivity contribution in [3.8, 4) is 0 Å². The molecular formula is C14H30O2Si. The molecule has 0 aliphatic carbocycles. The Hall–Kier alpha value is -0.153. The molecule has 0 unspecified atom stereocenters. The molecule has 0 heterocycles. The van der Waals surface area contributed by atoms with Gasteiger partial charge in [-0.05, 0) is 23.5 Å². The topological polar surface area (TPSA) is 26.3 Å². The van der Waals surface area contributed by atoms with E-state index in [0.29, 0.717) is 16.6 Å². The molecule has 2 nitrogen and oxygen atoms in total.